The molecule has 1 unspecified atom stereocenters. The minimum absolute atomic E-state index is 0.102. The predicted octanol–water partition coefficient (Wildman–Crippen LogP) is 3.33. The molecule has 0 bridgehead atoms. The molecule has 5 nitrogen and oxygen atoms in total. The average molecular weight is 313 g/mol. The number of pyridine rings is 1. The highest BCUT2D eigenvalue weighted by Gasteiger charge is 2.14. The minimum Gasteiger partial charge on any atom is -0.396 e. The molecule has 23 heavy (non-hydrogen) atoms. The number of urea groups is 1. The molecule has 0 radical (unpaired) electrons. The number of hydrogen-bond donors (Lipinski definition) is 3. The second-order valence-electron chi connectivity index (χ2n) is 5.60. The number of aliphatic hydroxyl groups is 1. The van der Waals surface area contributed by atoms with Crippen molar-refractivity contribution in [1.82, 2.24) is 10.3 Å². The first-order valence-corrected chi connectivity index (χ1v) is 7.77. The number of aliphatic hydroxyl groups excluding tert-OH is 1. The van der Waals surface area contributed by atoms with Gasteiger partial charge in [0, 0.05) is 12.3 Å². The smallest absolute Gasteiger partial charge is 0.320 e. The standard InChI is InChI=1S/C18H23N3O2/c1-13-11-14(2)19-17(12-13)21-18(23)20-16(9-6-10-22)15-7-4-3-5-8-15/h3-5,7-8,11-12,16,22H,6,9-10H2,1-2H3,(H2,19,20,21,23). The minimum atomic E-state index is -0.297. The Kier molecular flexibility index (Phi) is 6.11. The second kappa shape index (κ2) is 8.29. The summed E-state index contributed by atoms with van der Waals surface area (Å²) in [6, 6.07) is 13.1. The van der Waals surface area contributed by atoms with E-state index < -0.39 is 0 Å². The Bertz CT molecular complexity index is 624. The van der Waals surface area contributed by atoms with Crippen LogP contribution in [-0.4, -0.2) is 22.7 Å². The lowest BCUT2D eigenvalue weighted by molar-refractivity contribution is 0.243. The third-order valence-electron chi connectivity index (χ3n) is 3.50. The van der Waals surface area contributed by atoms with Crippen LogP contribution in [0.2, 0.25) is 0 Å². The zero-order valence-electron chi connectivity index (χ0n) is 13.5. The summed E-state index contributed by atoms with van der Waals surface area (Å²) < 4.78 is 0. The van der Waals surface area contributed by atoms with Gasteiger partial charge in [-0.1, -0.05) is 30.3 Å². The molecule has 0 saturated carbocycles. The van der Waals surface area contributed by atoms with Crippen LogP contribution in [0.15, 0.2) is 42.5 Å². The molecule has 0 aliphatic heterocycles. The normalized spacial score (nSPS) is 11.8. The van der Waals surface area contributed by atoms with Gasteiger partial charge < -0.3 is 10.4 Å². The zero-order chi connectivity index (χ0) is 16.7. The summed E-state index contributed by atoms with van der Waals surface area (Å²) in [6.07, 6.45) is 1.30. The molecular weight excluding hydrogens is 290 g/mol. The van der Waals surface area contributed by atoms with Gasteiger partial charge in [-0.3, -0.25) is 5.32 Å². The molecule has 3 N–H and O–H groups in total. The molecule has 2 amide bonds. The molecule has 0 aliphatic carbocycles. The van der Waals surface area contributed by atoms with E-state index in [-0.39, 0.29) is 18.7 Å². The summed E-state index contributed by atoms with van der Waals surface area (Å²) >= 11 is 0. The Morgan fingerprint density at radius 3 is 2.61 bits per heavy atom. The van der Waals surface area contributed by atoms with Crippen molar-refractivity contribution in [2.24, 2.45) is 0 Å². The van der Waals surface area contributed by atoms with Gasteiger partial charge in [0.15, 0.2) is 0 Å². The van der Waals surface area contributed by atoms with Crippen LogP contribution >= 0.6 is 0 Å². The number of hydrogen-bond acceptors (Lipinski definition) is 3. The van der Waals surface area contributed by atoms with Gasteiger partial charge in [-0.2, -0.15) is 0 Å². The second-order valence-corrected chi connectivity index (χ2v) is 5.60. The summed E-state index contributed by atoms with van der Waals surface area (Å²) in [5, 5.41) is 14.8. The number of nitrogens with one attached hydrogen (secondary N) is 2. The van der Waals surface area contributed by atoms with Gasteiger partial charge in [0.2, 0.25) is 0 Å². The fourth-order valence-electron chi connectivity index (χ4n) is 2.52. The van der Waals surface area contributed by atoms with Gasteiger partial charge in [0.1, 0.15) is 5.82 Å². The van der Waals surface area contributed by atoms with Gasteiger partial charge in [0.25, 0.3) is 0 Å². The number of aromatic nitrogens is 1. The van der Waals surface area contributed by atoms with E-state index in [9.17, 15) is 4.79 Å². The Morgan fingerprint density at radius 2 is 1.96 bits per heavy atom. The first-order valence-electron chi connectivity index (χ1n) is 7.77. The molecule has 2 rings (SSSR count). The van der Waals surface area contributed by atoms with Crippen molar-refractivity contribution in [3.63, 3.8) is 0 Å². The lowest BCUT2D eigenvalue weighted by Crippen LogP contribution is -2.33. The van der Waals surface area contributed by atoms with Crippen LogP contribution in [-0.2, 0) is 0 Å². The molecule has 0 aliphatic rings. The topological polar surface area (TPSA) is 74.2 Å². The lowest BCUT2D eigenvalue weighted by Gasteiger charge is -2.19. The molecular formula is C18H23N3O2. The highest BCUT2D eigenvalue weighted by atomic mass is 16.3. The number of benzene rings is 1. The highest BCUT2D eigenvalue weighted by Crippen LogP contribution is 2.18. The SMILES string of the molecule is Cc1cc(C)nc(NC(=O)NC(CCCO)c2ccccc2)c1. The average Bonchev–Trinajstić information content (AvgIpc) is 2.51. The van der Waals surface area contributed by atoms with Crippen LogP contribution in [0.1, 0.15) is 35.7 Å². The molecule has 2 aromatic rings. The van der Waals surface area contributed by atoms with Crippen LogP contribution in [0.25, 0.3) is 0 Å². The summed E-state index contributed by atoms with van der Waals surface area (Å²) in [5.41, 5.74) is 2.93. The van der Waals surface area contributed by atoms with Crippen molar-refractivity contribution < 1.29 is 9.90 Å². The zero-order valence-corrected chi connectivity index (χ0v) is 13.5. The first-order chi connectivity index (χ1) is 11.1. The van der Waals surface area contributed by atoms with Crippen LogP contribution in [0.4, 0.5) is 10.6 Å². The van der Waals surface area contributed by atoms with Crippen LogP contribution in [0, 0.1) is 13.8 Å². The third kappa shape index (κ3) is 5.38. The molecule has 0 saturated heterocycles. The molecule has 1 aromatic heterocycles. The van der Waals surface area contributed by atoms with Crippen LogP contribution in [0.5, 0.6) is 0 Å². The Labute approximate surface area is 136 Å². The maximum atomic E-state index is 12.3. The van der Waals surface area contributed by atoms with E-state index in [1.807, 2.05) is 56.3 Å². The molecule has 1 atom stereocenters. The van der Waals surface area contributed by atoms with Crippen molar-refractivity contribution in [3.05, 3.63) is 59.3 Å². The van der Waals surface area contributed by atoms with Crippen molar-refractivity contribution in [3.8, 4) is 0 Å². The van der Waals surface area contributed by atoms with Gasteiger partial charge in [-0.25, -0.2) is 9.78 Å². The molecule has 5 heteroatoms. The van der Waals surface area contributed by atoms with E-state index in [0.717, 1.165) is 16.8 Å². The molecule has 0 fully saturated rings. The maximum absolute atomic E-state index is 12.3. The summed E-state index contributed by atoms with van der Waals surface area (Å²) in [5.74, 6) is 0.536. The number of nitrogens with zero attached hydrogens (tertiary/aromatic N) is 1. The highest BCUT2D eigenvalue weighted by molar-refractivity contribution is 5.88. The largest absolute Gasteiger partial charge is 0.396 e. The Balaban J connectivity index is 2.05. The van der Waals surface area contributed by atoms with E-state index in [1.165, 1.54) is 0 Å². The molecule has 1 aromatic carbocycles. The van der Waals surface area contributed by atoms with Crippen molar-refractivity contribution in [1.29, 1.82) is 0 Å². The Hall–Kier alpha value is -2.40. The lowest BCUT2D eigenvalue weighted by atomic mass is 10.0. The third-order valence-corrected chi connectivity index (χ3v) is 3.50. The van der Waals surface area contributed by atoms with E-state index >= 15 is 0 Å². The summed E-state index contributed by atoms with van der Waals surface area (Å²) in [7, 11) is 0. The first kappa shape index (κ1) is 17.0. The number of carbonyl (C=O) groups is 1. The van der Waals surface area contributed by atoms with E-state index in [0.29, 0.717) is 18.7 Å². The van der Waals surface area contributed by atoms with E-state index in [1.54, 1.807) is 0 Å². The van der Waals surface area contributed by atoms with Crippen LogP contribution in [0.3, 0.4) is 0 Å². The predicted molar refractivity (Wildman–Crippen MR) is 91.4 cm³/mol. The number of aryl methyl sites for hydroxylation is 2. The van der Waals surface area contributed by atoms with Gasteiger partial charge in [-0.05, 0) is 49.9 Å². The van der Waals surface area contributed by atoms with Crippen molar-refractivity contribution >= 4 is 11.8 Å². The van der Waals surface area contributed by atoms with Gasteiger partial charge >= 0.3 is 6.03 Å². The maximum Gasteiger partial charge on any atom is 0.320 e. The monoisotopic (exact) mass is 313 g/mol. The van der Waals surface area contributed by atoms with Gasteiger partial charge in [-0.15, -0.1) is 0 Å². The summed E-state index contributed by atoms with van der Waals surface area (Å²) in [4.78, 5) is 16.6. The summed E-state index contributed by atoms with van der Waals surface area (Å²) in [6.45, 7) is 3.96. The van der Waals surface area contributed by atoms with Crippen molar-refractivity contribution in [2.75, 3.05) is 11.9 Å². The quantitative estimate of drug-likeness (QED) is 0.766. The number of amides is 2. The fraction of sp³-hybridized carbons (Fsp3) is 0.333. The fourth-order valence-corrected chi connectivity index (χ4v) is 2.52. The van der Waals surface area contributed by atoms with Crippen LogP contribution < -0.4 is 10.6 Å². The molecule has 0 spiro atoms. The van der Waals surface area contributed by atoms with E-state index in [2.05, 4.69) is 15.6 Å². The number of anilines is 1. The molecule has 122 valence electrons. The number of rotatable bonds is 6. The van der Waals surface area contributed by atoms with Crippen molar-refractivity contribution in [2.45, 2.75) is 32.7 Å². The van der Waals surface area contributed by atoms with E-state index in [4.69, 9.17) is 5.11 Å². The molecule has 1 heterocycles. The number of carbonyl (C=O) groups excluding carboxylic acids is 1. The Morgan fingerprint density at radius 1 is 1.22 bits per heavy atom. The van der Waals surface area contributed by atoms with Gasteiger partial charge in [0.05, 0.1) is 6.04 Å².